The molecule has 2 aromatic heterocycles. The summed E-state index contributed by atoms with van der Waals surface area (Å²) in [6.45, 7) is -1.45. The summed E-state index contributed by atoms with van der Waals surface area (Å²) in [4.78, 5) is 21.1. The molecule has 2 atom stereocenters. The van der Waals surface area contributed by atoms with Crippen molar-refractivity contribution >= 4 is 16.7 Å². The van der Waals surface area contributed by atoms with Gasteiger partial charge in [-0.25, -0.2) is 4.98 Å². The van der Waals surface area contributed by atoms with Crippen molar-refractivity contribution in [3.8, 4) is 17.0 Å². The number of halogens is 3. The third-order valence-electron chi connectivity index (χ3n) is 7.44. The average molecular weight is 489 g/mol. The van der Waals surface area contributed by atoms with Gasteiger partial charge in [0, 0.05) is 30.7 Å². The molecule has 186 valence electrons. The van der Waals surface area contributed by atoms with Gasteiger partial charge in [0.2, 0.25) is 0 Å². The van der Waals surface area contributed by atoms with Crippen molar-refractivity contribution < 1.29 is 18.3 Å². The molecule has 0 radical (unpaired) electrons. The third kappa shape index (κ3) is 4.56. The number of nitrogens with zero attached hydrogens (tertiary/aromatic N) is 6. The maximum absolute atomic E-state index is 12.7. The number of aromatic hydroxyl groups is 1. The molecule has 2 saturated heterocycles. The SMILES string of the molecule is CN(c1ccc(-c2cc3ncn(CC(F)(F)F)c(=O)c3cc2O)nn1)C1CC2CCCC(C1)N2C. The fraction of sp³-hybridized carbons (Fsp3) is 0.500. The van der Waals surface area contributed by atoms with Crippen LogP contribution in [0.15, 0.2) is 35.4 Å². The van der Waals surface area contributed by atoms with E-state index in [4.69, 9.17) is 0 Å². The summed E-state index contributed by atoms with van der Waals surface area (Å²) < 4.78 is 38.6. The first-order valence-corrected chi connectivity index (χ1v) is 11.7. The van der Waals surface area contributed by atoms with Crippen molar-refractivity contribution in [2.45, 2.75) is 63.0 Å². The van der Waals surface area contributed by atoms with Crippen LogP contribution in [0.2, 0.25) is 0 Å². The van der Waals surface area contributed by atoms with Gasteiger partial charge in [-0.2, -0.15) is 13.2 Å². The summed E-state index contributed by atoms with van der Waals surface area (Å²) in [6.07, 6.45) is 2.19. The van der Waals surface area contributed by atoms with E-state index in [-0.39, 0.29) is 16.7 Å². The highest BCUT2D eigenvalue weighted by atomic mass is 19.4. The maximum atomic E-state index is 12.7. The molecule has 0 amide bonds. The molecule has 3 aromatic rings. The largest absolute Gasteiger partial charge is 0.507 e. The predicted molar refractivity (Wildman–Crippen MR) is 125 cm³/mol. The standard InChI is InChI=1S/C24H27F3N6O2/c1-31-14-4-3-5-15(31)9-16(8-14)32(2)22-7-6-19(29-30-22)17-10-20-18(11-21(17)34)23(35)33(13-28-20)12-24(25,26)27/h6-7,10-11,13-16,34H,3-5,8-9,12H2,1-2H3. The lowest BCUT2D eigenvalue weighted by Gasteiger charge is -2.49. The average Bonchev–Trinajstić information content (AvgIpc) is 2.80. The monoisotopic (exact) mass is 488 g/mol. The zero-order chi connectivity index (χ0) is 24.9. The molecule has 0 saturated carbocycles. The van der Waals surface area contributed by atoms with E-state index in [1.54, 1.807) is 6.07 Å². The number of benzene rings is 1. The van der Waals surface area contributed by atoms with Crippen LogP contribution in [0, 0.1) is 0 Å². The number of phenols is 1. The zero-order valence-corrected chi connectivity index (χ0v) is 19.5. The molecule has 8 nitrogen and oxygen atoms in total. The van der Waals surface area contributed by atoms with Gasteiger partial charge in [0.1, 0.15) is 12.3 Å². The number of fused-ring (bicyclic) bond motifs is 3. The molecular weight excluding hydrogens is 461 g/mol. The van der Waals surface area contributed by atoms with Crippen LogP contribution in [-0.4, -0.2) is 68.2 Å². The minimum Gasteiger partial charge on any atom is -0.507 e. The second-order valence-electron chi connectivity index (χ2n) is 9.60. The summed E-state index contributed by atoms with van der Waals surface area (Å²) in [5.41, 5.74) is -0.0289. The molecule has 1 N–H and O–H groups in total. The molecular formula is C24H27F3N6O2. The molecule has 2 aliphatic rings. The van der Waals surface area contributed by atoms with Crippen LogP contribution in [0.25, 0.3) is 22.2 Å². The topological polar surface area (TPSA) is 87.4 Å². The molecule has 11 heteroatoms. The van der Waals surface area contributed by atoms with Gasteiger partial charge in [-0.05, 0) is 57.0 Å². The van der Waals surface area contributed by atoms with Gasteiger partial charge >= 0.3 is 6.18 Å². The Labute approximate surface area is 200 Å². The molecule has 5 rings (SSSR count). The maximum Gasteiger partial charge on any atom is 0.406 e. The third-order valence-corrected chi connectivity index (χ3v) is 7.44. The van der Waals surface area contributed by atoms with Gasteiger partial charge in [0.05, 0.1) is 22.9 Å². The number of aromatic nitrogens is 4. The van der Waals surface area contributed by atoms with E-state index in [1.807, 2.05) is 13.1 Å². The Morgan fingerprint density at radius 2 is 1.86 bits per heavy atom. The normalized spacial score (nSPS) is 22.9. The van der Waals surface area contributed by atoms with E-state index in [0.717, 1.165) is 31.1 Å². The number of anilines is 1. The Morgan fingerprint density at radius 1 is 1.14 bits per heavy atom. The molecule has 2 aliphatic heterocycles. The Kier molecular flexibility index (Phi) is 5.90. The van der Waals surface area contributed by atoms with Crippen LogP contribution in [-0.2, 0) is 6.54 Å². The van der Waals surface area contributed by atoms with Crippen LogP contribution in [0.5, 0.6) is 5.75 Å². The molecule has 4 heterocycles. The van der Waals surface area contributed by atoms with Crippen LogP contribution in [0.4, 0.5) is 19.0 Å². The first-order valence-electron chi connectivity index (χ1n) is 11.7. The van der Waals surface area contributed by atoms with Crippen LogP contribution in [0.1, 0.15) is 32.1 Å². The number of phenolic OH excluding ortho intramolecular Hbond substituents is 1. The van der Waals surface area contributed by atoms with E-state index < -0.39 is 18.3 Å². The lowest BCUT2D eigenvalue weighted by atomic mass is 9.82. The Hall–Kier alpha value is -3.21. The highest BCUT2D eigenvalue weighted by molar-refractivity contribution is 5.86. The van der Waals surface area contributed by atoms with E-state index in [9.17, 15) is 23.1 Å². The van der Waals surface area contributed by atoms with Crippen molar-refractivity contribution in [3.05, 3.63) is 40.9 Å². The molecule has 1 aromatic carbocycles. The molecule has 35 heavy (non-hydrogen) atoms. The van der Waals surface area contributed by atoms with Crippen molar-refractivity contribution in [1.82, 2.24) is 24.6 Å². The van der Waals surface area contributed by atoms with Gasteiger partial charge in [0.15, 0.2) is 5.82 Å². The summed E-state index contributed by atoms with van der Waals surface area (Å²) in [6, 6.07) is 7.70. The number of alkyl halides is 3. The highest BCUT2D eigenvalue weighted by Crippen LogP contribution is 2.36. The zero-order valence-electron chi connectivity index (χ0n) is 19.5. The Bertz CT molecular complexity index is 1280. The first kappa shape index (κ1) is 23.5. The van der Waals surface area contributed by atoms with E-state index in [2.05, 4.69) is 32.0 Å². The molecule has 2 unspecified atom stereocenters. The Morgan fingerprint density at radius 3 is 2.49 bits per heavy atom. The lowest BCUT2D eigenvalue weighted by molar-refractivity contribution is -0.141. The predicted octanol–water partition coefficient (Wildman–Crippen LogP) is 3.57. The molecule has 0 spiro atoms. The van der Waals surface area contributed by atoms with Gasteiger partial charge < -0.3 is 14.9 Å². The summed E-state index contributed by atoms with van der Waals surface area (Å²) >= 11 is 0. The lowest BCUT2D eigenvalue weighted by Crippen LogP contribution is -2.55. The second kappa shape index (κ2) is 8.78. The molecule has 2 fully saturated rings. The van der Waals surface area contributed by atoms with Gasteiger partial charge in [0.25, 0.3) is 5.56 Å². The van der Waals surface area contributed by atoms with Crippen molar-refractivity contribution in [1.29, 1.82) is 0 Å². The quantitative estimate of drug-likeness (QED) is 0.601. The highest BCUT2D eigenvalue weighted by Gasteiger charge is 2.37. The summed E-state index contributed by atoms with van der Waals surface area (Å²) in [7, 11) is 4.24. The van der Waals surface area contributed by atoms with E-state index in [1.165, 1.54) is 25.3 Å². The first-order chi connectivity index (χ1) is 16.6. The van der Waals surface area contributed by atoms with Gasteiger partial charge in [-0.3, -0.25) is 9.36 Å². The van der Waals surface area contributed by atoms with E-state index >= 15 is 0 Å². The van der Waals surface area contributed by atoms with Gasteiger partial charge in [-0.15, -0.1) is 10.2 Å². The number of rotatable bonds is 4. The number of hydrogen-bond acceptors (Lipinski definition) is 7. The van der Waals surface area contributed by atoms with Crippen molar-refractivity contribution in [2.24, 2.45) is 0 Å². The minimum absolute atomic E-state index is 0.102. The number of hydrogen-bond donors (Lipinski definition) is 1. The summed E-state index contributed by atoms with van der Waals surface area (Å²) in [5, 5.41) is 19.1. The molecule has 2 bridgehead atoms. The fourth-order valence-corrected chi connectivity index (χ4v) is 5.45. The van der Waals surface area contributed by atoms with Crippen LogP contribution in [0.3, 0.4) is 0 Å². The van der Waals surface area contributed by atoms with Gasteiger partial charge in [-0.1, -0.05) is 6.42 Å². The number of piperidine rings is 2. The van der Waals surface area contributed by atoms with Crippen LogP contribution >= 0.6 is 0 Å². The van der Waals surface area contributed by atoms with Crippen LogP contribution < -0.4 is 10.5 Å². The summed E-state index contributed by atoms with van der Waals surface area (Å²) in [5.74, 6) is 0.453. The van der Waals surface area contributed by atoms with Crippen molar-refractivity contribution in [3.63, 3.8) is 0 Å². The van der Waals surface area contributed by atoms with Crippen molar-refractivity contribution in [2.75, 3.05) is 19.0 Å². The minimum atomic E-state index is -4.56. The van der Waals surface area contributed by atoms with E-state index in [0.29, 0.717) is 34.0 Å². The smallest absolute Gasteiger partial charge is 0.406 e. The Balaban J connectivity index is 1.39. The molecule has 0 aliphatic carbocycles. The second-order valence-corrected chi connectivity index (χ2v) is 9.60. The fourth-order valence-electron chi connectivity index (χ4n) is 5.45.